The van der Waals surface area contributed by atoms with E-state index in [0.717, 1.165) is 41.0 Å². The third-order valence-electron chi connectivity index (χ3n) is 3.91. The predicted molar refractivity (Wildman–Crippen MR) is 83.6 cm³/mol. The molecule has 0 bridgehead atoms. The Morgan fingerprint density at radius 2 is 2.00 bits per heavy atom. The number of fused-ring (bicyclic) bond motifs is 1. The van der Waals surface area contributed by atoms with Crippen molar-refractivity contribution in [2.45, 2.75) is 32.2 Å². The number of aromatic carboxylic acids is 1. The minimum atomic E-state index is -1.16. The average molecular weight is 332 g/mol. The molecule has 2 heterocycles. The van der Waals surface area contributed by atoms with Gasteiger partial charge in [0.2, 0.25) is 0 Å². The normalized spacial score (nSPS) is 16.7. The minimum absolute atomic E-state index is 0.0154. The van der Waals surface area contributed by atoms with Gasteiger partial charge in [-0.25, -0.2) is 19.7 Å². The smallest absolute Gasteiger partial charge is 0.356 e. The summed E-state index contributed by atoms with van der Waals surface area (Å²) in [7, 11) is 1.74. The first-order chi connectivity index (χ1) is 11.0. The van der Waals surface area contributed by atoms with Crippen LogP contribution in [0, 0.1) is 6.92 Å². The fourth-order valence-electron chi connectivity index (χ4n) is 2.76. The number of carbonyl (C=O) groups excluding carboxylic acids is 1. The van der Waals surface area contributed by atoms with E-state index in [9.17, 15) is 9.59 Å². The van der Waals surface area contributed by atoms with E-state index in [1.807, 2.05) is 6.92 Å². The SMILES string of the molecule is Cc1nc2c(s1)C(N(C)C(=O)c1cnc(C(=O)O)cn1)CCC2. The summed E-state index contributed by atoms with van der Waals surface area (Å²) in [5.41, 5.74) is 1.05. The molecule has 0 aliphatic heterocycles. The fraction of sp³-hybridized carbons (Fsp3) is 0.400. The van der Waals surface area contributed by atoms with Crippen LogP contribution in [-0.4, -0.2) is 43.9 Å². The fourth-order valence-corrected chi connectivity index (χ4v) is 3.91. The number of aromatic nitrogens is 3. The van der Waals surface area contributed by atoms with E-state index < -0.39 is 5.97 Å². The number of aryl methyl sites for hydroxylation is 2. The molecular formula is C15H16N4O3S. The number of hydrogen-bond acceptors (Lipinski definition) is 6. The van der Waals surface area contributed by atoms with Gasteiger partial charge in [-0.15, -0.1) is 11.3 Å². The van der Waals surface area contributed by atoms with Gasteiger partial charge in [0.15, 0.2) is 5.69 Å². The highest BCUT2D eigenvalue weighted by molar-refractivity contribution is 7.11. The van der Waals surface area contributed by atoms with Gasteiger partial charge in [-0.05, 0) is 26.2 Å². The number of carbonyl (C=O) groups is 2. The van der Waals surface area contributed by atoms with Gasteiger partial charge < -0.3 is 10.0 Å². The lowest BCUT2D eigenvalue weighted by Gasteiger charge is -2.30. The summed E-state index contributed by atoms with van der Waals surface area (Å²) < 4.78 is 0. The maximum absolute atomic E-state index is 12.6. The minimum Gasteiger partial charge on any atom is -0.476 e. The monoisotopic (exact) mass is 332 g/mol. The van der Waals surface area contributed by atoms with Crippen molar-refractivity contribution >= 4 is 23.2 Å². The maximum Gasteiger partial charge on any atom is 0.356 e. The molecule has 120 valence electrons. The number of nitrogens with zero attached hydrogens (tertiary/aromatic N) is 4. The topological polar surface area (TPSA) is 96.3 Å². The van der Waals surface area contributed by atoms with Gasteiger partial charge in [0.25, 0.3) is 5.91 Å². The number of amides is 1. The Morgan fingerprint density at radius 3 is 2.65 bits per heavy atom. The molecule has 2 aromatic heterocycles. The molecule has 1 aliphatic rings. The van der Waals surface area contributed by atoms with Crippen molar-refractivity contribution < 1.29 is 14.7 Å². The Morgan fingerprint density at radius 1 is 1.30 bits per heavy atom. The molecule has 0 saturated carbocycles. The Balaban J connectivity index is 1.84. The lowest BCUT2D eigenvalue weighted by Crippen LogP contribution is -2.33. The van der Waals surface area contributed by atoms with Crippen LogP contribution in [0.1, 0.15) is 55.4 Å². The summed E-state index contributed by atoms with van der Waals surface area (Å²) in [4.78, 5) is 38.4. The molecule has 7 nitrogen and oxygen atoms in total. The second kappa shape index (κ2) is 6.04. The van der Waals surface area contributed by atoms with Crippen molar-refractivity contribution in [2.75, 3.05) is 7.05 Å². The molecule has 23 heavy (non-hydrogen) atoms. The van der Waals surface area contributed by atoms with Gasteiger partial charge in [-0.1, -0.05) is 0 Å². The summed E-state index contributed by atoms with van der Waals surface area (Å²) in [6.45, 7) is 1.97. The molecule has 1 N–H and O–H groups in total. The molecule has 1 atom stereocenters. The Hall–Kier alpha value is -2.35. The quantitative estimate of drug-likeness (QED) is 0.924. The molecule has 1 unspecified atom stereocenters. The molecule has 0 radical (unpaired) electrons. The first-order valence-corrected chi connectivity index (χ1v) is 8.07. The molecule has 2 aromatic rings. The number of thiazole rings is 1. The van der Waals surface area contributed by atoms with E-state index in [1.165, 1.54) is 6.20 Å². The van der Waals surface area contributed by atoms with Gasteiger partial charge in [0.1, 0.15) is 5.69 Å². The van der Waals surface area contributed by atoms with E-state index >= 15 is 0 Å². The zero-order chi connectivity index (χ0) is 16.6. The summed E-state index contributed by atoms with van der Waals surface area (Å²) in [6, 6.07) is -0.0154. The van der Waals surface area contributed by atoms with E-state index in [0.29, 0.717) is 0 Å². The highest BCUT2D eigenvalue weighted by Gasteiger charge is 2.30. The molecule has 8 heteroatoms. The number of carboxylic acids is 1. The third-order valence-corrected chi connectivity index (χ3v) is 5.02. The number of rotatable bonds is 3. The first kappa shape index (κ1) is 15.5. The lowest BCUT2D eigenvalue weighted by atomic mass is 9.97. The van der Waals surface area contributed by atoms with E-state index in [2.05, 4.69) is 15.0 Å². The average Bonchev–Trinajstić information content (AvgIpc) is 2.93. The third kappa shape index (κ3) is 2.94. The van der Waals surface area contributed by atoms with Crippen LogP contribution < -0.4 is 0 Å². The second-order valence-electron chi connectivity index (χ2n) is 5.46. The van der Waals surface area contributed by atoms with Crippen molar-refractivity contribution in [3.8, 4) is 0 Å². The van der Waals surface area contributed by atoms with Gasteiger partial charge in [0, 0.05) is 7.05 Å². The van der Waals surface area contributed by atoms with Crippen LogP contribution >= 0.6 is 11.3 Å². The van der Waals surface area contributed by atoms with Gasteiger partial charge in [0.05, 0.1) is 34.0 Å². The highest BCUT2D eigenvalue weighted by atomic mass is 32.1. The molecule has 0 fully saturated rings. The summed E-state index contributed by atoms with van der Waals surface area (Å²) in [5, 5.41) is 9.84. The summed E-state index contributed by atoms with van der Waals surface area (Å²) >= 11 is 1.63. The van der Waals surface area contributed by atoms with Crippen molar-refractivity contribution in [1.29, 1.82) is 0 Å². The Bertz CT molecular complexity index is 757. The van der Waals surface area contributed by atoms with Crippen molar-refractivity contribution in [2.24, 2.45) is 0 Å². The van der Waals surface area contributed by atoms with Gasteiger partial charge in [-0.2, -0.15) is 0 Å². The second-order valence-corrected chi connectivity index (χ2v) is 6.69. The zero-order valence-electron chi connectivity index (χ0n) is 12.8. The number of carboxylic acid groups (broad SMARTS) is 1. The van der Waals surface area contributed by atoms with Gasteiger partial charge >= 0.3 is 5.97 Å². The van der Waals surface area contributed by atoms with Crippen LogP contribution in [0.4, 0.5) is 0 Å². The van der Waals surface area contributed by atoms with Crippen molar-refractivity contribution in [3.63, 3.8) is 0 Å². The largest absolute Gasteiger partial charge is 0.476 e. The van der Waals surface area contributed by atoms with Crippen molar-refractivity contribution in [1.82, 2.24) is 19.9 Å². The van der Waals surface area contributed by atoms with Gasteiger partial charge in [-0.3, -0.25) is 4.79 Å². The molecule has 0 aromatic carbocycles. The molecule has 1 aliphatic carbocycles. The Kier molecular flexibility index (Phi) is 4.08. The molecule has 3 rings (SSSR count). The molecule has 0 saturated heterocycles. The Labute approximate surface area is 137 Å². The molecule has 1 amide bonds. The highest BCUT2D eigenvalue weighted by Crippen LogP contribution is 2.37. The van der Waals surface area contributed by atoms with Crippen LogP contribution in [0.25, 0.3) is 0 Å². The zero-order valence-corrected chi connectivity index (χ0v) is 13.6. The van der Waals surface area contributed by atoms with E-state index in [4.69, 9.17) is 5.11 Å². The van der Waals surface area contributed by atoms with Crippen LogP contribution in [0.5, 0.6) is 0 Å². The lowest BCUT2D eigenvalue weighted by molar-refractivity contribution is 0.0680. The van der Waals surface area contributed by atoms with Crippen LogP contribution in [0.2, 0.25) is 0 Å². The predicted octanol–water partition coefficient (Wildman–Crippen LogP) is 2.09. The summed E-state index contributed by atoms with van der Waals surface area (Å²) in [5.74, 6) is -1.43. The molecular weight excluding hydrogens is 316 g/mol. The van der Waals surface area contributed by atoms with Crippen molar-refractivity contribution in [3.05, 3.63) is 39.4 Å². The standard InChI is InChI=1S/C15H16N4O3S/c1-8-18-9-4-3-5-12(13(9)23-8)19(2)14(20)10-6-17-11(7-16-10)15(21)22/h6-7,12H,3-5H2,1-2H3,(H,21,22). The van der Waals surface area contributed by atoms with Crippen LogP contribution in [0.3, 0.4) is 0 Å². The van der Waals surface area contributed by atoms with E-state index in [-0.39, 0.29) is 23.3 Å². The maximum atomic E-state index is 12.6. The van der Waals surface area contributed by atoms with E-state index in [1.54, 1.807) is 23.3 Å². The van der Waals surface area contributed by atoms with Crippen LogP contribution in [0.15, 0.2) is 12.4 Å². The van der Waals surface area contributed by atoms with Crippen LogP contribution in [-0.2, 0) is 6.42 Å². The first-order valence-electron chi connectivity index (χ1n) is 7.26. The number of hydrogen-bond donors (Lipinski definition) is 1. The molecule has 0 spiro atoms. The summed E-state index contributed by atoms with van der Waals surface area (Å²) in [6.07, 6.45) is 5.14.